The van der Waals surface area contributed by atoms with Crippen molar-refractivity contribution in [3.8, 4) is 0 Å². The van der Waals surface area contributed by atoms with Crippen molar-refractivity contribution in [3.05, 3.63) is 36.5 Å². The molecule has 0 aromatic heterocycles. The zero-order chi connectivity index (χ0) is 50.0. The average molecular weight is 971 g/mol. The van der Waals surface area contributed by atoms with Gasteiger partial charge in [0.15, 0.2) is 0 Å². The molecule has 0 aliphatic rings. The van der Waals surface area contributed by atoms with Crippen molar-refractivity contribution in [1.82, 2.24) is 5.32 Å². The Kier molecular flexibility index (Phi) is 57.0. The Bertz CT molecular complexity index is 1120. The predicted octanol–water partition coefficient (Wildman–Crippen LogP) is 19.2. The number of unbranched alkanes of at least 4 members (excludes halogenated alkanes) is 40. The molecule has 0 rings (SSSR count). The molecule has 0 bridgehead atoms. The number of rotatable bonds is 57. The van der Waals surface area contributed by atoms with Crippen LogP contribution in [0.1, 0.15) is 328 Å². The van der Waals surface area contributed by atoms with Gasteiger partial charge in [-0.15, -0.1) is 0 Å². The fourth-order valence-electron chi connectivity index (χ4n) is 9.44. The third-order valence-corrected chi connectivity index (χ3v) is 14.2. The summed E-state index contributed by atoms with van der Waals surface area (Å²) in [6.07, 6.45) is 73.0. The van der Waals surface area contributed by atoms with E-state index >= 15 is 0 Å². The van der Waals surface area contributed by atoms with E-state index in [0.29, 0.717) is 25.9 Å². The van der Waals surface area contributed by atoms with Crippen molar-refractivity contribution in [2.45, 2.75) is 341 Å². The summed E-state index contributed by atoms with van der Waals surface area (Å²) in [5, 5.41) is 23.3. The van der Waals surface area contributed by atoms with Gasteiger partial charge in [0.2, 0.25) is 5.91 Å². The number of carbonyl (C=O) groups excluding carboxylic acids is 2. The van der Waals surface area contributed by atoms with Gasteiger partial charge in [-0.05, 0) is 77.0 Å². The van der Waals surface area contributed by atoms with Gasteiger partial charge in [0, 0.05) is 12.8 Å². The van der Waals surface area contributed by atoms with E-state index in [2.05, 4.69) is 55.6 Å². The van der Waals surface area contributed by atoms with Crippen LogP contribution in [0.5, 0.6) is 0 Å². The van der Waals surface area contributed by atoms with Crippen LogP contribution >= 0.6 is 0 Å². The Morgan fingerprint density at radius 3 is 1.17 bits per heavy atom. The normalized spacial score (nSPS) is 12.8. The molecule has 0 aliphatic heterocycles. The first-order valence-corrected chi connectivity index (χ1v) is 30.7. The fourth-order valence-corrected chi connectivity index (χ4v) is 9.44. The summed E-state index contributed by atoms with van der Waals surface area (Å²) in [7, 11) is 0. The van der Waals surface area contributed by atoms with E-state index in [1.807, 2.05) is 0 Å². The van der Waals surface area contributed by atoms with Gasteiger partial charge in [-0.25, -0.2) is 0 Å². The number of hydrogen-bond donors (Lipinski definition) is 3. The number of hydrogen-bond acceptors (Lipinski definition) is 5. The minimum atomic E-state index is -0.698. The monoisotopic (exact) mass is 970 g/mol. The third-order valence-electron chi connectivity index (χ3n) is 14.2. The number of esters is 1. The first-order chi connectivity index (χ1) is 34.0. The number of amides is 1. The van der Waals surface area contributed by atoms with Crippen LogP contribution in [0.15, 0.2) is 36.5 Å². The minimum absolute atomic E-state index is 0.0385. The van der Waals surface area contributed by atoms with Crippen LogP contribution in [0.25, 0.3) is 0 Å². The molecule has 0 fully saturated rings. The topological polar surface area (TPSA) is 95.9 Å². The molecule has 2 atom stereocenters. The SMILES string of the molecule is CCCCC/C=C\C/C=C\CCCCCCCCCCCC(=O)OCCCCCC/C=C\CCCC(=O)NC(CO)C(O)CCCCCCCCCCCCCCCCCCCCCCCCCC. The van der Waals surface area contributed by atoms with Crippen LogP contribution in [-0.4, -0.2) is 47.4 Å². The molecule has 69 heavy (non-hydrogen) atoms. The molecule has 0 heterocycles. The number of aliphatic hydroxyl groups excluding tert-OH is 2. The smallest absolute Gasteiger partial charge is 0.305 e. The number of carbonyl (C=O) groups is 2. The first-order valence-electron chi connectivity index (χ1n) is 30.7. The lowest BCUT2D eigenvalue weighted by molar-refractivity contribution is -0.143. The number of aliphatic hydroxyl groups is 2. The molecule has 0 saturated carbocycles. The van der Waals surface area contributed by atoms with Crippen molar-refractivity contribution in [1.29, 1.82) is 0 Å². The van der Waals surface area contributed by atoms with Gasteiger partial charge < -0.3 is 20.3 Å². The largest absolute Gasteiger partial charge is 0.466 e. The van der Waals surface area contributed by atoms with Crippen molar-refractivity contribution < 1.29 is 24.5 Å². The molecule has 406 valence electrons. The van der Waals surface area contributed by atoms with Crippen LogP contribution in [-0.2, 0) is 14.3 Å². The maximum atomic E-state index is 12.5. The van der Waals surface area contributed by atoms with E-state index in [1.165, 1.54) is 218 Å². The molecular formula is C63H119NO5. The Hall–Kier alpha value is -1.92. The van der Waals surface area contributed by atoms with Crippen molar-refractivity contribution in [2.75, 3.05) is 13.2 Å². The quantitative estimate of drug-likeness (QED) is 0.0321. The zero-order valence-electron chi connectivity index (χ0n) is 46.3. The number of ether oxygens (including phenoxy) is 1. The van der Waals surface area contributed by atoms with Crippen molar-refractivity contribution >= 4 is 11.9 Å². The molecule has 6 heteroatoms. The van der Waals surface area contributed by atoms with Crippen LogP contribution in [0.2, 0.25) is 0 Å². The number of allylic oxidation sites excluding steroid dienone is 6. The Labute approximate surface area is 430 Å². The zero-order valence-corrected chi connectivity index (χ0v) is 46.3. The lowest BCUT2D eigenvalue weighted by atomic mass is 10.0. The van der Waals surface area contributed by atoms with Gasteiger partial charge in [-0.3, -0.25) is 9.59 Å². The summed E-state index contributed by atoms with van der Waals surface area (Å²) in [6, 6.07) is -0.581. The van der Waals surface area contributed by atoms with Crippen molar-refractivity contribution in [2.24, 2.45) is 0 Å². The molecule has 0 aromatic rings. The Morgan fingerprint density at radius 2 is 0.739 bits per heavy atom. The van der Waals surface area contributed by atoms with E-state index in [1.54, 1.807) is 0 Å². The van der Waals surface area contributed by atoms with E-state index < -0.39 is 12.1 Å². The average Bonchev–Trinajstić information content (AvgIpc) is 3.35. The molecule has 0 aromatic carbocycles. The molecule has 3 N–H and O–H groups in total. The van der Waals surface area contributed by atoms with Gasteiger partial charge in [0.1, 0.15) is 0 Å². The van der Waals surface area contributed by atoms with Crippen molar-refractivity contribution in [3.63, 3.8) is 0 Å². The highest BCUT2D eigenvalue weighted by molar-refractivity contribution is 5.76. The Balaban J connectivity index is 3.50. The molecule has 0 spiro atoms. The molecule has 6 nitrogen and oxygen atoms in total. The lowest BCUT2D eigenvalue weighted by Gasteiger charge is -2.22. The van der Waals surface area contributed by atoms with Gasteiger partial charge in [0.05, 0.1) is 25.4 Å². The second kappa shape index (κ2) is 58.6. The van der Waals surface area contributed by atoms with E-state index in [0.717, 1.165) is 77.0 Å². The predicted molar refractivity (Wildman–Crippen MR) is 301 cm³/mol. The highest BCUT2D eigenvalue weighted by atomic mass is 16.5. The van der Waals surface area contributed by atoms with E-state index in [4.69, 9.17) is 4.74 Å². The molecule has 2 unspecified atom stereocenters. The van der Waals surface area contributed by atoms with Gasteiger partial charge in [-0.2, -0.15) is 0 Å². The number of nitrogens with one attached hydrogen (secondary N) is 1. The maximum absolute atomic E-state index is 12.5. The second-order valence-electron chi connectivity index (χ2n) is 21.0. The standard InChI is InChI=1S/C63H119NO5/c1-3-5-7-9-11-13-15-17-19-21-23-24-25-26-27-29-30-32-34-36-39-43-47-51-55-61(66)60(59-65)64-62(67)56-52-48-44-40-38-42-46-50-54-58-69-63(68)57-53-49-45-41-37-35-33-31-28-22-20-18-16-14-12-10-8-6-4-2/h12,14,18,20,40,44,60-61,65-66H,3-11,13,15-17,19,21-39,41-43,45-59H2,1-2H3,(H,64,67)/b14-12-,20-18-,44-40-. The van der Waals surface area contributed by atoms with E-state index in [-0.39, 0.29) is 18.5 Å². The van der Waals surface area contributed by atoms with Gasteiger partial charge in [-0.1, -0.05) is 275 Å². The highest BCUT2D eigenvalue weighted by Crippen LogP contribution is 2.18. The fraction of sp³-hybridized carbons (Fsp3) is 0.873. The van der Waals surface area contributed by atoms with Crippen LogP contribution < -0.4 is 5.32 Å². The Morgan fingerprint density at radius 1 is 0.406 bits per heavy atom. The lowest BCUT2D eigenvalue weighted by Crippen LogP contribution is -2.45. The van der Waals surface area contributed by atoms with E-state index in [9.17, 15) is 19.8 Å². The molecular weight excluding hydrogens is 851 g/mol. The molecule has 1 amide bonds. The van der Waals surface area contributed by atoms with Gasteiger partial charge in [0.25, 0.3) is 0 Å². The minimum Gasteiger partial charge on any atom is -0.466 e. The third kappa shape index (κ3) is 55.2. The summed E-state index contributed by atoms with van der Waals surface area (Å²) < 4.78 is 5.46. The molecule has 0 radical (unpaired) electrons. The van der Waals surface area contributed by atoms with Gasteiger partial charge >= 0.3 is 5.97 Å². The summed E-state index contributed by atoms with van der Waals surface area (Å²) in [5.41, 5.74) is 0. The summed E-state index contributed by atoms with van der Waals surface area (Å²) in [5.74, 6) is -0.132. The van der Waals surface area contributed by atoms with Crippen LogP contribution in [0.4, 0.5) is 0 Å². The van der Waals surface area contributed by atoms with Crippen LogP contribution in [0, 0.1) is 0 Å². The summed E-state index contributed by atoms with van der Waals surface area (Å²) >= 11 is 0. The highest BCUT2D eigenvalue weighted by Gasteiger charge is 2.20. The second-order valence-corrected chi connectivity index (χ2v) is 21.0. The first kappa shape index (κ1) is 67.1. The van der Waals surface area contributed by atoms with Crippen LogP contribution in [0.3, 0.4) is 0 Å². The molecule has 0 saturated heterocycles. The summed E-state index contributed by atoms with van der Waals surface area (Å²) in [4.78, 5) is 24.6. The molecule has 0 aliphatic carbocycles. The maximum Gasteiger partial charge on any atom is 0.305 e. The summed E-state index contributed by atoms with van der Waals surface area (Å²) in [6.45, 7) is 4.86.